The van der Waals surface area contributed by atoms with Crippen molar-refractivity contribution in [3.05, 3.63) is 63.7 Å². The zero-order valence-electron chi connectivity index (χ0n) is 13.4. The molecule has 3 N–H and O–H groups in total. The van der Waals surface area contributed by atoms with E-state index in [2.05, 4.69) is 5.10 Å². The van der Waals surface area contributed by atoms with Crippen molar-refractivity contribution in [2.24, 2.45) is 10.8 Å². The van der Waals surface area contributed by atoms with Gasteiger partial charge in [0, 0.05) is 11.6 Å². The SMILES string of the molecule is Cc1ccc(S(=O)(=O)Oc2ccc(/C=N\NC(N)=O)cc2)cc1[N+](=O)[O-]. The first-order valence-corrected chi connectivity index (χ1v) is 8.48. The lowest BCUT2D eigenvalue weighted by molar-refractivity contribution is -0.385. The minimum absolute atomic E-state index is 0.00763. The molecule has 0 fully saturated rings. The van der Waals surface area contributed by atoms with E-state index in [0.717, 1.165) is 6.07 Å². The van der Waals surface area contributed by atoms with Crippen LogP contribution >= 0.6 is 0 Å². The van der Waals surface area contributed by atoms with E-state index < -0.39 is 21.1 Å². The number of nitrogens with one attached hydrogen (secondary N) is 1. The van der Waals surface area contributed by atoms with E-state index in [0.29, 0.717) is 11.1 Å². The first-order chi connectivity index (χ1) is 12.2. The van der Waals surface area contributed by atoms with E-state index in [1.54, 1.807) is 0 Å². The molecule has 0 radical (unpaired) electrons. The lowest BCUT2D eigenvalue weighted by Crippen LogP contribution is -2.24. The second kappa shape index (κ2) is 7.61. The molecule has 2 rings (SSSR count). The van der Waals surface area contributed by atoms with Crippen molar-refractivity contribution >= 4 is 28.1 Å². The predicted molar refractivity (Wildman–Crippen MR) is 92.4 cm³/mol. The Kier molecular flexibility index (Phi) is 5.52. The number of carbonyl (C=O) groups is 1. The quantitative estimate of drug-likeness (QED) is 0.337. The number of amides is 2. The van der Waals surface area contributed by atoms with Crippen LogP contribution in [0.15, 0.2) is 52.5 Å². The fourth-order valence-electron chi connectivity index (χ4n) is 1.90. The van der Waals surface area contributed by atoms with Gasteiger partial charge in [-0.05, 0) is 42.8 Å². The summed E-state index contributed by atoms with van der Waals surface area (Å²) in [5.74, 6) is 0.00763. The third-order valence-electron chi connectivity index (χ3n) is 3.14. The zero-order valence-corrected chi connectivity index (χ0v) is 14.3. The van der Waals surface area contributed by atoms with Gasteiger partial charge in [0.2, 0.25) is 0 Å². The molecule has 0 saturated carbocycles. The molecule has 0 bridgehead atoms. The maximum Gasteiger partial charge on any atom is 0.339 e. The van der Waals surface area contributed by atoms with Gasteiger partial charge < -0.3 is 9.92 Å². The number of rotatable bonds is 6. The van der Waals surface area contributed by atoms with E-state index in [-0.39, 0.29) is 16.3 Å². The third kappa shape index (κ3) is 4.77. The van der Waals surface area contributed by atoms with Crippen LogP contribution in [0.2, 0.25) is 0 Å². The van der Waals surface area contributed by atoms with Crippen LogP contribution in [-0.2, 0) is 10.1 Å². The molecule has 0 unspecified atom stereocenters. The Labute approximate surface area is 148 Å². The van der Waals surface area contributed by atoms with Crippen LogP contribution < -0.4 is 15.3 Å². The average molecular weight is 378 g/mol. The number of benzene rings is 2. The van der Waals surface area contributed by atoms with Gasteiger partial charge in [-0.3, -0.25) is 10.1 Å². The van der Waals surface area contributed by atoms with Crippen LogP contribution in [0.25, 0.3) is 0 Å². The molecule has 2 amide bonds. The molecule has 0 heterocycles. The number of hydrazone groups is 1. The summed E-state index contributed by atoms with van der Waals surface area (Å²) < 4.78 is 29.5. The number of hydrogen-bond donors (Lipinski definition) is 2. The van der Waals surface area contributed by atoms with E-state index >= 15 is 0 Å². The van der Waals surface area contributed by atoms with Gasteiger partial charge in [-0.25, -0.2) is 10.2 Å². The highest BCUT2D eigenvalue weighted by molar-refractivity contribution is 7.87. The molecule has 11 heteroatoms. The molecule has 0 aliphatic carbocycles. The number of urea groups is 1. The van der Waals surface area contributed by atoms with E-state index in [4.69, 9.17) is 9.92 Å². The lowest BCUT2D eigenvalue weighted by Gasteiger charge is -2.08. The number of carbonyl (C=O) groups excluding carboxylic acids is 1. The summed E-state index contributed by atoms with van der Waals surface area (Å²) in [5, 5.41) is 14.5. The third-order valence-corrected chi connectivity index (χ3v) is 4.38. The summed E-state index contributed by atoms with van der Waals surface area (Å²) in [7, 11) is -4.24. The van der Waals surface area contributed by atoms with Gasteiger partial charge in [0.1, 0.15) is 10.6 Å². The summed E-state index contributed by atoms with van der Waals surface area (Å²) in [5.41, 5.74) is 7.43. The molecule has 0 aliphatic rings. The Morgan fingerprint density at radius 1 is 1.27 bits per heavy atom. The standard InChI is InChI=1S/C15H14N4O6S/c1-10-2-7-13(8-14(10)19(21)22)26(23,24)25-12-5-3-11(4-6-12)9-17-18-15(16)20/h2-9H,1H3,(H3,16,18,20)/b17-9-. The normalized spacial score (nSPS) is 11.3. The van der Waals surface area contributed by atoms with Crippen molar-refractivity contribution in [3.63, 3.8) is 0 Å². The highest BCUT2D eigenvalue weighted by Gasteiger charge is 2.21. The van der Waals surface area contributed by atoms with Gasteiger partial charge in [0.15, 0.2) is 0 Å². The minimum atomic E-state index is -4.24. The lowest BCUT2D eigenvalue weighted by atomic mass is 10.2. The number of primary amides is 1. The number of nitro groups is 1. The molecular weight excluding hydrogens is 364 g/mol. The van der Waals surface area contributed by atoms with E-state index in [9.17, 15) is 23.3 Å². The molecule has 136 valence electrons. The van der Waals surface area contributed by atoms with Crippen LogP contribution in [0.3, 0.4) is 0 Å². The number of hydrogen-bond acceptors (Lipinski definition) is 7. The van der Waals surface area contributed by atoms with E-state index in [1.165, 1.54) is 49.5 Å². The average Bonchev–Trinajstić information content (AvgIpc) is 2.56. The van der Waals surface area contributed by atoms with Gasteiger partial charge in [-0.15, -0.1) is 0 Å². The fourth-order valence-corrected chi connectivity index (χ4v) is 2.85. The number of aryl methyl sites for hydroxylation is 1. The molecule has 2 aromatic carbocycles. The van der Waals surface area contributed by atoms with Crippen molar-refractivity contribution in [2.45, 2.75) is 11.8 Å². The highest BCUT2D eigenvalue weighted by Crippen LogP contribution is 2.25. The molecule has 0 aromatic heterocycles. The smallest absolute Gasteiger partial charge is 0.339 e. The predicted octanol–water partition coefficient (Wildman–Crippen LogP) is 1.67. The number of nitro benzene ring substituents is 1. The topological polar surface area (TPSA) is 154 Å². The Morgan fingerprint density at radius 3 is 2.50 bits per heavy atom. The van der Waals surface area contributed by atoms with Crippen molar-refractivity contribution < 1.29 is 22.3 Å². The summed E-state index contributed by atoms with van der Waals surface area (Å²) in [4.78, 5) is 20.4. The molecule has 0 aliphatic heterocycles. The van der Waals surface area contributed by atoms with Gasteiger partial charge in [0.05, 0.1) is 11.1 Å². The minimum Gasteiger partial charge on any atom is -0.379 e. The Morgan fingerprint density at radius 2 is 1.92 bits per heavy atom. The van der Waals surface area contributed by atoms with Crippen molar-refractivity contribution in [2.75, 3.05) is 0 Å². The fraction of sp³-hybridized carbons (Fsp3) is 0.0667. The number of nitrogens with two attached hydrogens (primary N) is 1. The van der Waals surface area contributed by atoms with Crippen LogP contribution in [0.1, 0.15) is 11.1 Å². The van der Waals surface area contributed by atoms with Crippen molar-refractivity contribution in [3.8, 4) is 5.75 Å². The highest BCUT2D eigenvalue weighted by atomic mass is 32.2. The molecular formula is C15H14N4O6S. The largest absolute Gasteiger partial charge is 0.379 e. The second-order valence-corrected chi connectivity index (χ2v) is 6.59. The van der Waals surface area contributed by atoms with Crippen LogP contribution in [0, 0.1) is 17.0 Å². The maximum absolute atomic E-state index is 12.3. The zero-order chi connectivity index (χ0) is 19.3. The molecule has 0 atom stereocenters. The summed E-state index contributed by atoms with van der Waals surface area (Å²) in [6.07, 6.45) is 1.30. The molecule has 0 saturated heterocycles. The monoisotopic (exact) mass is 378 g/mol. The maximum atomic E-state index is 12.3. The van der Waals surface area contributed by atoms with Gasteiger partial charge >= 0.3 is 16.1 Å². The van der Waals surface area contributed by atoms with Gasteiger partial charge in [0.25, 0.3) is 5.69 Å². The van der Waals surface area contributed by atoms with E-state index in [1.807, 2.05) is 5.43 Å². The molecule has 26 heavy (non-hydrogen) atoms. The van der Waals surface area contributed by atoms with Gasteiger partial charge in [-0.1, -0.05) is 6.07 Å². The Hall–Kier alpha value is -3.47. The summed E-state index contributed by atoms with van der Waals surface area (Å²) in [6.45, 7) is 1.50. The summed E-state index contributed by atoms with van der Waals surface area (Å²) in [6, 6.07) is 8.41. The first-order valence-electron chi connectivity index (χ1n) is 7.07. The van der Waals surface area contributed by atoms with Crippen LogP contribution in [0.4, 0.5) is 10.5 Å². The summed E-state index contributed by atoms with van der Waals surface area (Å²) >= 11 is 0. The molecule has 0 spiro atoms. The molecule has 10 nitrogen and oxygen atoms in total. The van der Waals surface area contributed by atoms with Gasteiger partial charge in [-0.2, -0.15) is 13.5 Å². The number of nitrogens with zero attached hydrogens (tertiary/aromatic N) is 2. The Bertz CT molecular complexity index is 970. The first kappa shape index (κ1) is 18.9. The second-order valence-electron chi connectivity index (χ2n) is 5.05. The molecule has 2 aromatic rings. The van der Waals surface area contributed by atoms with Crippen molar-refractivity contribution in [1.29, 1.82) is 0 Å². The Balaban J connectivity index is 2.19. The van der Waals surface area contributed by atoms with Crippen LogP contribution in [0.5, 0.6) is 5.75 Å². The van der Waals surface area contributed by atoms with Crippen molar-refractivity contribution in [1.82, 2.24) is 5.43 Å². The van der Waals surface area contributed by atoms with Crippen LogP contribution in [-0.4, -0.2) is 25.6 Å².